The Kier molecular flexibility index (Phi) is 4.11. The molecule has 0 radical (unpaired) electrons. The molecule has 0 atom stereocenters. The number of carbonyl (C=O) groups excluding carboxylic acids is 1. The summed E-state index contributed by atoms with van der Waals surface area (Å²) in [5, 5.41) is 8.01. The van der Waals surface area contributed by atoms with Gasteiger partial charge in [-0.1, -0.05) is 17.7 Å². The van der Waals surface area contributed by atoms with E-state index < -0.39 is 0 Å². The Bertz CT molecular complexity index is 967. The largest absolute Gasteiger partial charge is 0.452 e. The normalized spacial score (nSPS) is 13.8. The summed E-state index contributed by atoms with van der Waals surface area (Å²) in [5.74, 6) is 0.345. The molecule has 0 aliphatic heterocycles. The molecule has 2 aromatic heterocycles. The minimum Gasteiger partial charge on any atom is -0.452 e. The molecular formula is C20H21N3O3. The molecule has 1 aromatic carbocycles. The van der Waals surface area contributed by atoms with E-state index in [2.05, 4.69) is 14.8 Å². The van der Waals surface area contributed by atoms with E-state index in [4.69, 9.17) is 9.15 Å². The van der Waals surface area contributed by atoms with Crippen LogP contribution in [0.15, 0.2) is 34.7 Å². The maximum Gasteiger partial charge on any atom is 0.340 e. The summed E-state index contributed by atoms with van der Waals surface area (Å²) < 4.78 is 13.2. The van der Waals surface area contributed by atoms with Gasteiger partial charge in [-0.2, -0.15) is 0 Å². The Morgan fingerprint density at radius 2 is 2.04 bits per heavy atom. The van der Waals surface area contributed by atoms with E-state index in [1.807, 2.05) is 51.1 Å². The average molecular weight is 351 g/mol. The van der Waals surface area contributed by atoms with Crippen LogP contribution in [0, 0.1) is 20.8 Å². The third-order valence-corrected chi connectivity index (χ3v) is 4.67. The Labute approximate surface area is 151 Å². The summed E-state index contributed by atoms with van der Waals surface area (Å²) in [6.45, 7) is 5.95. The number of hydrogen-bond acceptors (Lipinski definition) is 5. The summed E-state index contributed by atoms with van der Waals surface area (Å²) in [7, 11) is 0. The van der Waals surface area contributed by atoms with Crippen molar-refractivity contribution in [1.82, 2.24) is 14.8 Å². The molecule has 0 unspecified atom stereocenters. The van der Waals surface area contributed by atoms with Crippen molar-refractivity contribution in [1.29, 1.82) is 0 Å². The van der Waals surface area contributed by atoms with E-state index in [1.54, 1.807) is 0 Å². The zero-order valence-corrected chi connectivity index (χ0v) is 15.2. The Hall–Kier alpha value is -2.89. The summed E-state index contributed by atoms with van der Waals surface area (Å²) in [5.41, 5.74) is 4.62. The molecule has 4 rings (SSSR count). The fourth-order valence-corrected chi connectivity index (χ4v) is 3.29. The number of aromatic nitrogens is 3. The third-order valence-electron chi connectivity index (χ3n) is 4.67. The molecule has 1 aliphatic rings. The number of benzene rings is 1. The predicted molar refractivity (Wildman–Crippen MR) is 95.8 cm³/mol. The Balaban J connectivity index is 1.45. The first kappa shape index (κ1) is 16.6. The molecule has 1 aliphatic carbocycles. The van der Waals surface area contributed by atoms with Crippen molar-refractivity contribution < 1.29 is 13.9 Å². The lowest BCUT2D eigenvalue weighted by atomic mass is 10.1. The molecule has 3 aromatic rings. The van der Waals surface area contributed by atoms with Gasteiger partial charge in [-0.25, -0.2) is 4.79 Å². The second-order valence-electron chi connectivity index (χ2n) is 6.83. The predicted octanol–water partition coefficient (Wildman–Crippen LogP) is 4.16. The first-order valence-electron chi connectivity index (χ1n) is 8.78. The lowest BCUT2D eigenvalue weighted by Crippen LogP contribution is -2.07. The van der Waals surface area contributed by atoms with E-state index in [0.717, 1.165) is 22.5 Å². The Morgan fingerprint density at radius 1 is 1.23 bits per heavy atom. The van der Waals surface area contributed by atoms with Crippen molar-refractivity contribution in [3.05, 3.63) is 58.7 Å². The van der Waals surface area contributed by atoms with Crippen molar-refractivity contribution in [2.75, 3.05) is 0 Å². The van der Waals surface area contributed by atoms with Gasteiger partial charge in [0.1, 0.15) is 0 Å². The molecule has 0 bridgehead atoms. The van der Waals surface area contributed by atoms with Crippen LogP contribution in [0.5, 0.6) is 0 Å². The lowest BCUT2D eigenvalue weighted by molar-refractivity contribution is 0.0437. The molecule has 6 nitrogen and oxygen atoms in total. The standard InChI is InChI=1S/C20H21N3O3/c1-12-5-4-6-15(9-12)19-22-21-18(26-19)11-25-20(24)17-10-13(2)23(14(17)3)16-7-8-16/h4-6,9-10,16H,7-8,11H2,1-3H3. The summed E-state index contributed by atoms with van der Waals surface area (Å²) in [6.07, 6.45) is 2.35. The van der Waals surface area contributed by atoms with Gasteiger partial charge in [0.2, 0.25) is 5.89 Å². The number of hydrogen-bond donors (Lipinski definition) is 0. The zero-order chi connectivity index (χ0) is 18.3. The number of rotatable bonds is 5. The molecule has 2 heterocycles. The van der Waals surface area contributed by atoms with Gasteiger partial charge in [0.25, 0.3) is 5.89 Å². The maximum absolute atomic E-state index is 12.4. The van der Waals surface area contributed by atoms with Crippen LogP contribution in [0.25, 0.3) is 11.5 Å². The van der Waals surface area contributed by atoms with Crippen molar-refractivity contribution in [2.24, 2.45) is 0 Å². The van der Waals surface area contributed by atoms with Crippen LogP contribution >= 0.6 is 0 Å². The van der Waals surface area contributed by atoms with Crippen LogP contribution in [0.1, 0.15) is 52.1 Å². The second-order valence-corrected chi connectivity index (χ2v) is 6.83. The molecule has 0 N–H and O–H groups in total. The van der Waals surface area contributed by atoms with Gasteiger partial charge >= 0.3 is 5.97 Å². The third kappa shape index (κ3) is 3.14. The van der Waals surface area contributed by atoms with Crippen molar-refractivity contribution >= 4 is 5.97 Å². The molecular weight excluding hydrogens is 330 g/mol. The highest BCUT2D eigenvalue weighted by atomic mass is 16.5. The second kappa shape index (κ2) is 6.44. The molecule has 6 heteroatoms. The van der Waals surface area contributed by atoms with E-state index in [-0.39, 0.29) is 18.5 Å². The minimum absolute atomic E-state index is 0.0370. The van der Waals surface area contributed by atoms with Crippen LogP contribution in [-0.2, 0) is 11.3 Å². The van der Waals surface area contributed by atoms with Crippen molar-refractivity contribution in [3.8, 4) is 11.5 Å². The number of aryl methyl sites for hydroxylation is 2. The van der Waals surface area contributed by atoms with Gasteiger partial charge in [-0.3, -0.25) is 0 Å². The van der Waals surface area contributed by atoms with Gasteiger partial charge in [0.15, 0.2) is 6.61 Å². The molecule has 134 valence electrons. The summed E-state index contributed by atoms with van der Waals surface area (Å²) in [4.78, 5) is 12.4. The molecule has 0 spiro atoms. The zero-order valence-electron chi connectivity index (χ0n) is 15.2. The van der Waals surface area contributed by atoms with E-state index in [0.29, 0.717) is 17.5 Å². The SMILES string of the molecule is Cc1cccc(-c2nnc(COC(=O)c3cc(C)n(C4CC4)c3C)o2)c1. The average Bonchev–Trinajstić information content (AvgIpc) is 3.24. The number of esters is 1. The Morgan fingerprint density at radius 3 is 2.77 bits per heavy atom. The first-order valence-corrected chi connectivity index (χ1v) is 8.78. The maximum atomic E-state index is 12.4. The van der Waals surface area contributed by atoms with E-state index in [9.17, 15) is 4.79 Å². The van der Waals surface area contributed by atoms with Crippen LogP contribution in [0.2, 0.25) is 0 Å². The van der Waals surface area contributed by atoms with Gasteiger partial charge < -0.3 is 13.7 Å². The minimum atomic E-state index is -0.361. The van der Waals surface area contributed by atoms with Crippen molar-refractivity contribution in [2.45, 2.75) is 46.3 Å². The first-order chi connectivity index (χ1) is 12.5. The van der Waals surface area contributed by atoms with E-state index in [1.165, 1.54) is 12.8 Å². The number of nitrogens with zero attached hydrogens (tertiary/aromatic N) is 3. The van der Waals surface area contributed by atoms with Crippen molar-refractivity contribution in [3.63, 3.8) is 0 Å². The summed E-state index contributed by atoms with van der Waals surface area (Å²) in [6, 6.07) is 10.2. The van der Waals surface area contributed by atoms with Gasteiger partial charge in [-0.15, -0.1) is 10.2 Å². The highest BCUT2D eigenvalue weighted by Crippen LogP contribution is 2.38. The fourth-order valence-electron chi connectivity index (χ4n) is 3.29. The molecule has 26 heavy (non-hydrogen) atoms. The quantitative estimate of drug-likeness (QED) is 0.646. The molecule has 0 amide bonds. The highest BCUT2D eigenvalue weighted by Gasteiger charge is 2.28. The van der Waals surface area contributed by atoms with Gasteiger partial charge in [0.05, 0.1) is 5.56 Å². The fraction of sp³-hybridized carbons (Fsp3) is 0.350. The number of carbonyl (C=O) groups is 1. The smallest absolute Gasteiger partial charge is 0.340 e. The lowest BCUT2D eigenvalue weighted by Gasteiger charge is -2.07. The van der Waals surface area contributed by atoms with E-state index >= 15 is 0 Å². The molecule has 1 saturated carbocycles. The number of ether oxygens (including phenoxy) is 1. The van der Waals surface area contributed by atoms with Gasteiger partial charge in [-0.05, 0) is 51.8 Å². The summed E-state index contributed by atoms with van der Waals surface area (Å²) >= 11 is 0. The molecule has 1 fully saturated rings. The topological polar surface area (TPSA) is 70.2 Å². The van der Waals surface area contributed by atoms with Crippen LogP contribution < -0.4 is 0 Å². The molecule has 0 saturated heterocycles. The van der Waals surface area contributed by atoms with Crippen LogP contribution in [0.3, 0.4) is 0 Å². The monoisotopic (exact) mass is 351 g/mol. The van der Waals surface area contributed by atoms with Crippen LogP contribution in [0.4, 0.5) is 0 Å². The van der Waals surface area contributed by atoms with Gasteiger partial charge in [0, 0.05) is 23.0 Å². The van der Waals surface area contributed by atoms with Crippen LogP contribution in [-0.4, -0.2) is 20.7 Å². The highest BCUT2D eigenvalue weighted by molar-refractivity contribution is 5.91.